The average molecular weight is 718 g/mol. The van der Waals surface area contributed by atoms with Crippen LogP contribution in [0.4, 0.5) is 14.9 Å². The number of primary amides is 1. The van der Waals surface area contributed by atoms with Gasteiger partial charge in [-0.1, -0.05) is 32.9 Å². The lowest BCUT2D eigenvalue weighted by molar-refractivity contribution is -0.157. The molecule has 0 saturated heterocycles. The molecule has 1 unspecified atom stereocenters. The Bertz CT molecular complexity index is 2080. The molecule has 276 valence electrons. The second-order valence-electron chi connectivity index (χ2n) is 11.8. The minimum atomic E-state index is -1.59. The van der Waals surface area contributed by atoms with Gasteiger partial charge >= 0.3 is 12.0 Å². The number of carbonyl (C=O) groups excluding carboxylic acids is 3. The molecule has 0 saturated carbocycles. The summed E-state index contributed by atoms with van der Waals surface area (Å²) < 4.78 is 21.2. The number of pyridine rings is 2. The smallest absolute Gasteiger partial charge is 0.340 e. The third kappa shape index (κ3) is 8.37. The molecule has 6 rings (SSSR count). The number of fused-ring (bicyclic) bond motifs is 5. The summed E-state index contributed by atoms with van der Waals surface area (Å²) in [4.78, 5) is 51.6. The van der Waals surface area contributed by atoms with Crippen molar-refractivity contribution in [2.75, 3.05) is 18.4 Å². The van der Waals surface area contributed by atoms with E-state index in [0.717, 1.165) is 6.42 Å². The van der Waals surface area contributed by atoms with E-state index in [-0.39, 0.29) is 43.3 Å². The highest BCUT2D eigenvalue weighted by Crippen LogP contribution is 2.38. The molecule has 0 bridgehead atoms. The minimum absolute atomic E-state index is 0.129. The van der Waals surface area contributed by atoms with E-state index in [4.69, 9.17) is 32.8 Å². The van der Waals surface area contributed by atoms with Gasteiger partial charge in [-0.25, -0.2) is 24.8 Å². The zero-order chi connectivity index (χ0) is 38.3. The van der Waals surface area contributed by atoms with E-state index in [1.165, 1.54) is 15.6 Å². The molecule has 0 fully saturated rings. The Balaban J connectivity index is 0.000000604. The highest BCUT2D eigenvalue weighted by Gasteiger charge is 2.35. The van der Waals surface area contributed by atoms with Crippen molar-refractivity contribution in [1.82, 2.24) is 19.9 Å². The monoisotopic (exact) mass is 717 g/mol. The fraction of sp³-hybridized carbons (Fsp3) is 0.306. The number of anilines is 1. The molecule has 0 aliphatic carbocycles. The maximum absolute atomic E-state index is 14.7. The van der Waals surface area contributed by atoms with Crippen LogP contribution in [0.15, 0.2) is 53.5 Å². The number of rotatable bonds is 8. The van der Waals surface area contributed by atoms with Crippen molar-refractivity contribution in [1.29, 1.82) is 0 Å². The number of carbonyl (C=O) groups is 3. The Morgan fingerprint density at radius 1 is 1.13 bits per heavy atom. The number of amides is 3. The number of ether oxygens (including phenoxy) is 1. The number of nitrogens with two attached hydrogens (primary N) is 4. The van der Waals surface area contributed by atoms with Crippen LogP contribution in [-0.2, 0) is 34.0 Å². The van der Waals surface area contributed by atoms with Crippen LogP contribution in [0.1, 0.15) is 66.7 Å². The first-order valence-electron chi connectivity index (χ1n) is 16.7. The molecule has 0 spiro atoms. The molecule has 11 N–H and O–H groups in total. The number of aryl methyl sites for hydroxylation is 1. The van der Waals surface area contributed by atoms with Crippen molar-refractivity contribution < 1.29 is 28.6 Å². The third-order valence-corrected chi connectivity index (χ3v) is 8.24. The number of aliphatic hydroxyl groups excluding tert-OH is 1. The molecule has 4 aromatic rings. The molecule has 2 aliphatic rings. The highest BCUT2D eigenvalue weighted by molar-refractivity contribution is 5.92. The van der Waals surface area contributed by atoms with Gasteiger partial charge in [0, 0.05) is 41.0 Å². The summed E-state index contributed by atoms with van der Waals surface area (Å²) in [5.41, 5.74) is 21.0. The third-order valence-electron chi connectivity index (χ3n) is 8.24. The summed E-state index contributed by atoms with van der Waals surface area (Å²) in [5, 5.41) is 17.6. The summed E-state index contributed by atoms with van der Waals surface area (Å²) in [6, 6.07) is 11.0. The van der Waals surface area contributed by atoms with Crippen LogP contribution in [0, 0.1) is 12.7 Å². The first-order valence-corrected chi connectivity index (χ1v) is 16.7. The quantitative estimate of drug-likeness (QED) is 0.0698. The zero-order valence-corrected chi connectivity index (χ0v) is 29.5. The predicted molar refractivity (Wildman–Crippen MR) is 195 cm³/mol. The summed E-state index contributed by atoms with van der Waals surface area (Å²) in [7, 11) is 0. The Hall–Kier alpha value is -5.84. The Kier molecular flexibility index (Phi) is 12.7. The fourth-order valence-electron chi connectivity index (χ4n) is 5.71. The predicted octanol–water partition coefficient (Wildman–Crippen LogP) is 2.58. The number of aliphatic hydroxyl groups is 1. The second-order valence-corrected chi connectivity index (χ2v) is 11.8. The van der Waals surface area contributed by atoms with Crippen LogP contribution in [-0.4, -0.2) is 50.7 Å². The Morgan fingerprint density at radius 3 is 2.44 bits per heavy atom. The first-order chi connectivity index (χ1) is 24.8. The standard InChI is InChI=1S/C30H28FN7O5.C4H10N2O.C2H6/c1-14-6-17-19(10-37(34)12-23(33)15-2-4-16(5-3-15)35-26(39)9-32)20-11-38-25(27(20)36-24(17)8-22(14)31)7-18-21(29(38)41)13-43-30(42)28(18)40;1-2-3-6-4(5)7;1-2/h2-8,12,28,40H,9-11,13,32-34H2,1H3,(H,35,39);2-3H2,1H3,(H3,5,6,7);1-2H3/b23-12-;;. The SMILES string of the molecule is CC.CCCNC(N)=O.Cc1cc2c(CN(N)/C=C(\N)c3ccc(NC(=O)CN)cc3)c3c(nc2cc1F)-c1cc2c(c(=O)n1C3)COC(=O)C2O. The van der Waals surface area contributed by atoms with Crippen molar-refractivity contribution >= 4 is 40.2 Å². The number of hydrogen-bond acceptors (Lipinski definition) is 11. The van der Waals surface area contributed by atoms with Crippen LogP contribution in [0.3, 0.4) is 0 Å². The van der Waals surface area contributed by atoms with Crippen molar-refractivity contribution in [2.45, 2.75) is 59.9 Å². The molecular formula is C36H44FN9O6. The molecule has 0 radical (unpaired) electrons. The van der Waals surface area contributed by atoms with Gasteiger partial charge in [0.25, 0.3) is 5.56 Å². The molecule has 52 heavy (non-hydrogen) atoms. The van der Waals surface area contributed by atoms with Gasteiger partial charge in [-0.3, -0.25) is 9.59 Å². The summed E-state index contributed by atoms with van der Waals surface area (Å²) in [6.07, 6.45) is 0.891. The van der Waals surface area contributed by atoms with Gasteiger partial charge in [0.15, 0.2) is 6.10 Å². The number of nitrogens with zero attached hydrogens (tertiary/aromatic N) is 3. The van der Waals surface area contributed by atoms with E-state index < -0.39 is 29.5 Å². The van der Waals surface area contributed by atoms with Crippen molar-refractivity contribution in [3.63, 3.8) is 0 Å². The van der Waals surface area contributed by atoms with E-state index in [9.17, 15) is 28.7 Å². The van der Waals surface area contributed by atoms with Crippen LogP contribution >= 0.6 is 0 Å². The lowest BCUT2D eigenvalue weighted by Crippen LogP contribution is -2.32. The highest BCUT2D eigenvalue weighted by atomic mass is 19.1. The van der Waals surface area contributed by atoms with E-state index in [1.54, 1.807) is 49.5 Å². The zero-order valence-electron chi connectivity index (χ0n) is 29.5. The maximum atomic E-state index is 14.7. The minimum Gasteiger partial charge on any atom is -0.458 e. The van der Waals surface area contributed by atoms with Gasteiger partial charge in [0.1, 0.15) is 12.4 Å². The van der Waals surface area contributed by atoms with Crippen molar-refractivity contribution in [3.8, 4) is 11.4 Å². The molecule has 2 aromatic heterocycles. The number of aromatic nitrogens is 2. The second kappa shape index (κ2) is 16.9. The van der Waals surface area contributed by atoms with E-state index >= 15 is 0 Å². The number of hydrazine groups is 1. The number of cyclic esters (lactones) is 1. The Morgan fingerprint density at radius 2 is 1.83 bits per heavy atom. The molecular weight excluding hydrogens is 673 g/mol. The Labute approximate surface area is 299 Å². The number of benzene rings is 2. The van der Waals surface area contributed by atoms with Gasteiger partial charge in [-0.2, -0.15) is 0 Å². The van der Waals surface area contributed by atoms with Gasteiger partial charge in [0.2, 0.25) is 5.91 Å². The summed E-state index contributed by atoms with van der Waals surface area (Å²) >= 11 is 0. The molecule has 4 heterocycles. The van der Waals surface area contributed by atoms with Crippen LogP contribution in [0.25, 0.3) is 28.0 Å². The lowest BCUT2D eigenvalue weighted by Gasteiger charge is -2.21. The van der Waals surface area contributed by atoms with Crippen LogP contribution in [0.2, 0.25) is 0 Å². The number of esters is 1. The van der Waals surface area contributed by atoms with Gasteiger partial charge in [-0.15, -0.1) is 0 Å². The van der Waals surface area contributed by atoms with Crippen LogP contribution in [0.5, 0.6) is 0 Å². The summed E-state index contributed by atoms with van der Waals surface area (Å²) in [5.74, 6) is 4.84. The molecule has 16 heteroatoms. The van der Waals surface area contributed by atoms with Gasteiger partial charge in [-0.05, 0) is 54.3 Å². The first kappa shape index (κ1) is 39.0. The van der Waals surface area contributed by atoms with E-state index in [1.807, 2.05) is 20.8 Å². The number of hydrogen-bond donors (Lipinski definition) is 7. The normalized spacial score (nSPS) is 14.0. The van der Waals surface area contributed by atoms with Crippen molar-refractivity contribution in [2.24, 2.45) is 23.0 Å². The molecule has 2 aliphatic heterocycles. The fourth-order valence-corrected chi connectivity index (χ4v) is 5.71. The van der Waals surface area contributed by atoms with E-state index in [2.05, 4.69) is 10.6 Å². The average Bonchev–Trinajstić information content (AvgIpc) is 3.49. The molecule has 3 amide bonds. The van der Waals surface area contributed by atoms with E-state index in [0.29, 0.717) is 62.5 Å². The largest absolute Gasteiger partial charge is 0.458 e. The van der Waals surface area contributed by atoms with Gasteiger partial charge in [0.05, 0.1) is 47.8 Å². The molecule has 1 atom stereocenters. The number of halogens is 1. The molecule has 2 aromatic carbocycles. The summed E-state index contributed by atoms with van der Waals surface area (Å²) in [6.45, 7) is 8.20. The number of urea groups is 1. The van der Waals surface area contributed by atoms with Crippen molar-refractivity contribution in [3.05, 3.63) is 98.2 Å². The molecule has 15 nitrogen and oxygen atoms in total. The number of nitrogens with one attached hydrogen (secondary N) is 2. The van der Waals surface area contributed by atoms with Crippen LogP contribution < -0.4 is 39.2 Å². The van der Waals surface area contributed by atoms with Gasteiger partial charge < -0.3 is 47.3 Å². The maximum Gasteiger partial charge on any atom is 0.340 e. The topological polar surface area (TPSA) is 247 Å². The lowest BCUT2D eigenvalue weighted by atomic mass is 9.97.